The summed E-state index contributed by atoms with van der Waals surface area (Å²) in [6.07, 6.45) is -4.19. The molecular formula is C12H15F3N2O4S. The van der Waals surface area contributed by atoms with Crippen LogP contribution in [0.4, 0.5) is 13.2 Å². The van der Waals surface area contributed by atoms with Gasteiger partial charge >= 0.3 is 6.18 Å². The molecule has 6 nitrogen and oxygen atoms in total. The van der Waals surface area contributed by atoms with E-state index in [-0.39, 0.29) is 13.2 Å². The largest absolute Gasteiger partial charge is 0.417 e. The summed E-state index contributed by atoms with van der Waals surface area (Å²) in [5, 5.41) is 0.278. The van der Waals surface area contributed by atoms with Gasteiger partial charge in [-0.05, 0) is 19.1 Å². The molecule has 1 aromatic rings. The van der Waals surface area contributed by atoms with Gasteiger partial charge in [-0.3, -0.25) is 4.79 Å². The minimum Gasteiger partial charge on any atom is -0.383 e. The van der Waals surface area contributed by atoms with Crippen LogP contribution in [0.1, 0.15) is 12.5 Å². The van der Waals surface area contributed by atoms with Crippen LogP contribution >= 0.6 is 0 Å². The predicted molar refractivity (Wildman–Crippen MR) is 70.8 cm³/mol. The Balaban J connectivity index is 2.91. The third-order valence-corrected chi connectivity index (χ3v) is 4.76. The van der Waals surface area contributed by atoms with Crippen molar-refractivity contribution in [2.45, 2.75) is 23.4 Å². The predicted octanol–water partition coefficient (Wildman–Crippen LogP) is 1.03. The SMILES string of the molecule is COCCNC(=O)C(C)S(=O)(=O)c1ccc(C(F)(F)F)cn1. The molecule has 124 valence electrons. The Labute approximate surface area is 125 Å². The Morgan fingerprint density at radius 3 is 2.50 bits per heavy atom. The molecule has 10 heteroatoms. The Morgan fingerprint density at radius 1 is 1.41 bits per heavy atom. The van der Waals surface area contributed by atoms with Crippen molar-refractivity contribution in [2.75, 3.05) is 20.3 Å². The van der Waals surface area contributed by atoms with Crippen molar-refractivity contribution in [1.29, 1.82) is 0 Å². The molecule has 0 fully saturated rings. The van der Waals surface area contributed by atoms with Crippen molar-refractivity contribution in [3.63, 3.8) is 0 Å². The van der Waals surface area contributed by atoms with E-state index in [0.717, 1.165) is 13.0 Å². The number of methoxy groups -OCH3 is 1. The number of halogens is 3. The molecule has 0 spiro atoms. The van der Waals surface area contributed by atoms with Crippen LogP contribution in [-0.2, 0) is 25.5 Å². The Kier molecular flexibility index (Phi) is 5.89. The fourth-order valence-electron chi connectivity index (χ4n) is 1.46. The van der Waals surface area contributed by atoms with Gasteiger partial charge in [0.05, 0.1) is 12.2 Å². The van der Waals surface area contributed by atoms with Crippen molar-refractivity contribution in [3.8, 4) is 0 Å². The van der Waals surface area contributed by atoms with Crippen molar-refractivity contribution >= 4 is 15.7 Å². The van der Waals surface area contributed by atoms with Crippen LogP contribution in [0.15, 0.2) is 23.4 Å². The third kappa shape index (κ3) is 4.41. The van der Waals surface area contributed by atoms with Gasteiger partial charge in [0.25, 0.3) is 0 Å². The third-order valence-electron chi connectivity index (χ3n) is 2.80. The lowest BCUT2D eigenvalue weighted by atomic mass is 10.3. The molecular weight excluding hydrogens is 325 g/mol. The zero-order valence-electron chi connectivity index (χ0n) is 11.8. The molecule has 0 bridgehead atoms. The molecule has 1 unspecified atom stereocenters. The van der Waals surface area contributed by atoms with E-state index in [1.165, 1.54) is 7.11 Å². The first kappa shape index (κ1) is 18.4. The Bertz CT molecular complexity index is 614. The average Bonchev–Trinajstić information content (AvgIpc) is 2.45. The average molecular weight is 340 g/mol. The molecule has 1 heterocycles. The van der Waals surface area contributed by atoms with Gasteiger partial charge in [-0.25, -0.2) is 13.4 Å². The molecule has 0 saturated heterocycles. The second-order valence-corrected chi connectivity index (χ2v) is 6.57. The number of nitrogens with one attached hydrogen (secondary N) is 1. The first-order valence-corrected chi connectivity index (χ1v) is 7.69. The van der Waals surface area contributed by atoms with Gasteiger partial charge < -0.3 is 10.1 Å². The number of rotatable bonds is 6. The number of amides is 1. The van der Waals surface area contributed by atoms with Crippen molar-refractivity contribution in [2.24, 2.45) is 0 Å². The highest BCUT2D eigenvalue weighted by Gasteiger charge is 2.34. The minimum absolute atomic E-state index is 0.121. The van der Waals surface area contributed by atoms with Gasteiger partial charge in [0.15, 0.2) is 5.03 Å². The van der Waals surface area contributed by atoms with E-state index in [2.05, 4.69) is 10.3 Å². The van der Waals surface area contributed by atoms with Gasteiger partial charge in [-0.2, -0.15) is 13.2 Å². The first-order chi connectivity index (χ1) is 10.1. The van der Waals surface area contributed by atoms with E-state index in [1.807, 2.05) is 0 Å². The van der Waals surface area contributed by atoms with Crippen LogP contribution in [0.5, 0.6) is 0 Å². The maximum atomic E-state index is 12.4. The highest BCUT2D eigenvalue weighted by atomic mass is 32.2. The number of hydrogen-bond acceptors (Lipinski definition) is 5. The van der Waals surface area contributed by atoms with Gasteiger partial charge in [0, 0.05) is 19.9 Å². The van der Waals surface area contributed by atoms with E-state index >= 15 is 0 Å². The smallest absolute Gasteiger partial charge is 0.383 e. The number of nitrogens with zero attached hydrogens (tertiary/aromatic N) is 1. The van der Waals surface area contributed by atoms with Gasteiger partial charge in [-0.15, -0.1) is 0 Å². The molecule has 1 aromatic heterocycles. The Morgan fingerprint density at radius 2 is 2.05 bits per heavy atom. The molecule has 0 aliphatic rings. The number of hydrogen-bond donors (Lipinski definition) is 1. The number of aromatic nitrogens is 1. The lowest BCUT2D eigenvalue weighted by Crippen LogP contribution is -2.39. The van der Waals surface area contributed by atoms with Crippen LogP contribution in [0, 0.1) is 0 Å². The quantitative estimate of drug-likeness (QED) is 0.782. The summed E-state index contributed by atoms with van der Waals surface area (Å²) in [5.41, 5.74) is -1.07. The lowest BCUT2D eigenvalue weighted by molar-refractivity contribution is -0.137. The molecule has 0 aliphatic heterocycles. The highest BCUT2D eigenvalue weighted by molar-refractivity contribution is 7.92. The summed E-state index contributed by atoms with van der Waals surface area (Å²) >= 11 is 0. The van der Waals surface area contributed by atoms with E-state index in [9.17, 15) is 26.4 Å². The van der Waals surface area contributed by atoms with Crippen molar-refractivity contribution in [3.05, 3.63) is 23.9 Å². The molecule has 1 rings (SSSR count). The summed E-state index contributed by atoms with van der Waals surface area (Å²) in [6, 6.07) is 1.34. The maximum absolute atomic E-state index is 12.4. The van der Waals surface area contributed by atoms with Gasteiger partial charge in [-0.1, -0.05) is 0 Å². The summed E-state index contributed by atoms with van der Waals surface area (Å²) in [5.74, 6) is -0.779. The van der Waals surface area contributed by atoms with E-state index in [4.69, 9.17) is 4.74 Å². The topological polar surface area (TPSA) is 85.4 Å². The Hall–Kier alpha value is -1.68. The van der Waals surface area contributed by atoms with Crippen molar-refractivity contribution < 1.29 is 31.1 Å². The number of carbonyl (C=O) groups excluding carboxylic acids is 1. The van der Waals surface area contributed by atoms with Gasteiger partial charge in [0.1, 0.15) is 5.25 Å². The van der Waals surface area contributed by atoms with Gasteiger partial charge in [0.2, 0.25) is 15.7 Å². The fourth-order valence-corrected chi connectivity index (χ4v) is 2.64. The van der Waals surface area contributed by atoms with Crippen molar-refractivity contribution in [1.82, 2.24) is 10.3 Å². The zero-order valence-corrected chi connectivity index (χ0v) is 12.7. The molecule has 22 heavy (non-hydrogen) atoms. The maximum Gasteiger partial charge on any atom is 0.417 e. The normalized spacial score (nSPS) is 13.7. The first-order valence-electron chi connectivity index (χ1n) is 6.14. The monoisotopic (exact) mass is 340 g/mol. The summed E-state index contributed by atoms with van der Waals surface area (Å²) in [4.78, 5) is 15.0. The fraction of sp³-hybridized carbons (Fsp3) is 0.500. The molecule has 1 amide bonds. The number of alkyl halides is 3. The van der Waals surface area contributed by atoms with Crippen LogP contribution < -0.4 is 5.32 Å². The number of sulfone groups is 1. The molecule has 0 aliphatic carbocycles. The molecule has 0 radical (unpaired) electrons. The van der Waals surface area contributed by atoms with Crippen LogP contribution in [0.2, 0.25) is 0 Å². The summed E-state index contributed by atoms with van der Waals surface area (Å²) in [7, 11) is -2.75. The minimum atomic E-state index is -4.61. The zero-order chi connectivity index (χ0) is 17.0. The number of pyridine rings is 1. The highest BCUT2D eigenvalue weighted by Crippen LogP contribution is 2.29. The lowest BCUT2D eigenvalue weighted by Gasteiger charge is -2.13. The van der Waals surface area contributed by atoms with E-state index in [1.54, 1.807) is 0 Å². The molecule has 1 atom stereocenters. The van der Waals surface area contributed by atoms with Crippen LogP contribution in [-0.4, -0.2) is 44.8 Å². The van der Waals surface area contributed by atoms with Crippen LogP contribution in [0.3, 0.4) is 0 Å². The standard InChI is InChI=1S/C12H15F3N2O4S/c1-8(11(18)16-5-6-21-2)22(19,20)10-4-3-9(7-17-10)12(13,14)15/h3-4,7-8H,5-6H2,1-2H3,(H,16,18). The number of ether oxygens (including phenoxy) is 1. The van der Waals surface area contributed by atoms with E-state index < -0.39 is 37.8 Å². The molecule has 1 N–H and O–H groups in total. The number of carbonyl (C=O) groups is 1. The molecule has 0 saturated carbocycles. The van der Waals surface area contributed by atoms with Crippen LogP contribution in [0.25, 0.3) is 0 Å². The molecule has 0 aromatic carbocycles. The second-order valence-electron chi connectivity index (χ2n) is 4.35. The summed E-state index contributed by atoms with van der Waals surface area (Å²) < 4.78 is 66.2. The van der Waals surface area contributed by atoms with E-state index in [0.29, 0.717) is 12.3 Å². The summed E-state index contributed by atoms with van der Waals surface area (Å²) in [6.45, 7) is 1.46. The second kappa shape index (κ2) is 7.05.